The average Bonchev–Trinajstić information content (AvgIpc) is 2.77. The van der Waals surface area contributed by atoms with Gasteiger partial charge < -0.3 is 20.1 Å². The summed E-state index contributed by atoms with van der Waals surface area (Å²) >= 11 is 0. The van der Waals surface area contributed by atoms with Gasteiger partial charge in [0.25, 0.3) is 0 Å². The summed E-state index contributed by atoms with van der Waals surface area (Å²) in [6.07, 6.45) is -3.38. The maximum Gasteiger partial charge on any atom is 0.490 e. The minimum absolute atomic E-state index is 0.129. The minimum atomic E-state index is -5.08. The molecule has 0 aromatic heterocycles. The van der Waals surface area contributed by atoms with Crippen molar-refractivity contribution in [2.75, 3.05) is 46.4 Å². The highest BCUT2D eigenvalue weighted by Gasteiger charge is 2.43. The number of nitrogens with zero attached hydrogens (tertiary/aromatic N) is 2. The van der Waals surface area contributed by atoms with Gasteiger partial charge in [-0.05, 0) is 44.6 Å². The van der Waals surface area contributed by atoms with E-state index in [0.29, 0.717) is 18.9 Å². The molecule has 1 aromatic rings. The van der Waals surface area contributed by atoms with Crippen LogP contribution in [0, 0.1) is 5.41 Å². The molecule has 0 bridgehead atoms. The fourth-order valence-electron chi connectivity index (χ4n) is 3.68. The number of hydrogen-bond acceptors (Lipinski definition) is 6. The Balaban J connectivity index is 0.000000479. The maximum absolute atomic E-state index is 13.2. The van der Waals surface area contributed by atoms with Crippen LogP contribution in [0.15, 0.2) is 29.2 Å². The van der Waals surface area contributed by atoms with Crippen molar-refractivity contribution in [1.82, 2.24) is 14.5 Å². The molecule has 3 rings (SSSR count). The Bertz CT molecular complexity index is 947. The fourth-order valence-corrected chi connectivity index (χ4v) is 5.32. The lowest BCUT2D eigenvalue weighted by Crippen LogP contribution is -2.53. The molecule has 186 valence electrons. The molecule has 1 spiro atoms. The van der Waals surface area contributed by atoms with Crippen LogP contribution >= 0.6 is 0 Å². The molecule has 13 heteroatoms. The molecule has 0 aliphatic carbocycles. The lowest BCUT2D eigenvalue weighted by atomic mass is 9.79. The number of nitrogens with one attached hydrogen (secondary N) is 1. The number of halogens is 3. The largest absolute Gasteiger partial charge is 0.492 e. The molecule has 1 aromatic carbocycles. The topological polar surface area (TPSA) is 116 Å². The van der Waals surface area contributed by atoms with Crippen LogP contribution in [0.2, 0.25) is 0 Å². The van der Waals surface area contributed by atoms with Crippen LogP contribution in [0.3, 0.4) is 0 Å². The van der Waals surface area contributed by atoms with E-state index < -0.39 is 22.2 Å². The number of carboxylic acid groups (broad SMARTS) is 1. The van der Waals surface area contributed by atoms with Gasteiger partial charge in [-0.15, -0.1) is 0 Å². The lowest BCUT2D eigenvalue weighted by molar-refractivity contribution is -0.192. The number of piperidine rings is 1. The number of benzene rings is 1. The zero-order chi connectivity index (χ0) is 24.9. The van der Waals surface area contributed by atoms with Crippen molar-refractivity contribution >= 4 is 21.9 Å². The Morgan fingerprint density at radius 2 is 1.79 bits per heavy atom. The Hall–Kier alpha value is -2.38. The van der Waals surface area contributed by atoms with E-state index in [1.165, 1.54) is 11.4 Å². The monoisotopic (exact) mass is 495 g/mol. The number of rotatable bonds is 3. The summed E-state index contributed by atoms with van der Waals surface area (Å²) in [5.74, 6) is -2.70. The van der Waals surface area contributed by atoms with E-state index in [1.54, 1.807) is 24.3 Å². The van der Waals surface area contributed by atoms with E-state index in [9.17, 15) is 26.4 Å². The summed E-state index contributed by atoms with van der Waals surface area (Å²) in [6, 6.07) is 6.67. The number of carbonyl (C=O) groups excluding carboxylic acids is 1. The quantitative estimate of drug-likeness (QED) is 0.654. The summed E-state index contributed by atoms with van der Waals surface area (Å²) in [5.41, 5.74) is -0.277. The van der Waals surface area contributed by atoms with Crippen molar-refractivity contribution in [2.45, 2.75) is 30.8 Å². The van der Waals surface area contributed by atoms with Gasteiger partial charge in [0.05, 0.1) is 13.2 Å². The summed E-state index contributed by atoms with van der Waals surface area (Å²) in [7, 11) is -2.29. The number of hydrogen-bond donors (Lipinski definition) is 2. The first kappa shape index (κ1) is 26.9. The first-order chi connectivity index (χ1) is 15.3. The van der Waals surface area contributed by atoms with Crippen LogP contribution in [-0.4, -0.2) is 87.2 Å². The third-order valence-electron chi connectivity index (χ3n) is 5.72. The summed E-state index contributed by atoms with van der Waals surface area (Å²) < 4.78 is 65.5. The van der Waals surface area contributed by atoms with E-state index >= 15 is 0 Å². The first-order valence-electron chi connectivity index (χ1n) is 10.3. The molecule has 0 saturated carbocycles. The Labute approximate surface area is 190 Å². The number of carbonyl (C=O) groups is 2. The van der Waals surface area contributed by atoms with Crippen molar-refractivity contribution in [3.63, 3.8) is 0 Å². The lowest BCUT2D eigenvalue weighted by Gasteiger charge is -2.44. The number of para-hydroxylation sites is 1. The Morgan fingerprint density at radius 3 is 2.30 bits per heavy atom. The molecule has 2 aliphatic heterocycles. The van der Waals surface area contributed by atoms with Crippen LogP contribution in [-0.2, 0) is 19.6 Å². The SMILES string of the molecule is CCN1CCC2(CC1)COc1ccccc1S(=O)(=O)N(CC(=O)NC)C2.O=C(O)C(F)(F)F. The molecule has 0 atom stereocenters. The summed E-state index contributed by atoms with van der Waals surface area (Å²) in [4.78, 5) is 23.4. The zero-order valence-corrected chi connectivity index (χ0v) is 19.2. The number of sulfonamides is 1. The second kappa shape index (κ2) is 10.7. The van der Waals surface area contributed by atoms with Gasteiger partial charge in [0.2, 0.25) is 15.9 Å². The molecular weight excluding hydrogens is 467 g/mol. The van der Waals surface area contributed by atoms with E-state index in [2.05, 4.69) is 17.1 Å². The summed E-state index contributed by atoms with van der Waals surface area (Å²) in [6.45, 7) is 5.53. The molecule has 0 radical (unpaired) electrons. The normalized spacial score (nSPS) is 20.3. The van der Waals surface area contributed by atoms with Gasteiger partial charge in [0.15, 0.2) is 0 Å². The zero-order valence-electron chi connectivity index (χ0n) is 18.4. The standard InChI is InChI=1S/C18H27N3O4S.C2HF3O2/c1-3-20-10-8-18(9-11-20)13-21(12-17(22)19-2)26(23,24)16-7-5-4-6-15(16)25-14-18;3-2(4,5)1(6)7/h4-7H,3,8-14H2,1-2H3,(H,19,22);(H,6,7). The second-order valence-corrected chi connectivity index (χ2v) is 9.83. The van der Waals surface area contributed by atoms with E-state index in [1.807, 2.05) is 0 Å². The minimum Gasteiger partial charge on any atom is -0.492 e. The second-order valence-electron chi connectivity index (χ2n) is 7.92. The number of likely N-dealkylation sites (tertiary alicyclic amines) is 1. The number of likely N-dealkylation sites (N-methyl/N-ethyl adjacent to an activating group) is 1. The Morgan fingerprint density at radius 1 is 1.21 bits per heavy atom. The Kier molecular flexibility index (Phi) is 8.71. The van der Waals surface area contributed by atoms with Gasteiger partial charge in [0, 0.05) is 19.0 Å². The van der Waals surface area contributed by atoms with Crippen molar-refractivity contribution in [3.8, 4) is 5.75 Å². The third kappa shape index (κ3) is 6.81. The highest BCUT2D eigenvalue weighted by atomic mass is 32.2. The highest BCUT2D eigenvalue weighted by Crippen LogP contribution is 2.39. The fraction of sp³-hybridized carbons (Fsp3) is 0.600. The van der Waals surface area contributed by atoms with Crippen molar-refractivity contribution in [3.05, 3.63) is 24.3 Å². The number of amides is 1. The molecule has 1 saturated heterocycles. The van der Waals surface area contributed by atoms with Crippen molar-refractivity contribution < 1.29 is 41.0 Å². The molecule has 2 N–H and O–H groups in total. The van der Waals surface area contributed by atoms with Crippen LogP contribution < -0.4 is 10.1 Å². The van der Waals surface area contributed by atoms with Gasteiger partial charge in [-0.25, -0.2) is 13.2 Å². The van der Waals surface area contributed by atoms with Gasteiger partial charge in [0.1, 0.15) is 10.6 Å². The highest BCUT2D eigenvalue weighted by molar-refractivity contribution is 7.89. The molecule has 2 aliphatic rings. The van der Waals surface area contributed by atoms with Crippen molar-refractivity contribution in [2.24, 2.45) is 5.41 Å². The van der Waals surface area contributed by atoms with E-state index in [-0.39, 0.29) is 22.8 Å². The molecule has 1 fully saturated rings. The maximum atomic E-state index is 13.2. The smallest absolute Gasteiger partial charge is 0.490 e. The molecule has 1 amide bonds. The molecular formula is C20H28F3N3O6S. The van der Waals surface area contributed by atoms with Crippen LogP contribution in [0.1, 0.15) is 19.8 Å². The predicted octanol–water partition coefficient (Wildman–Crippen LogP) is 1.55. The number of ether oxygens (including phenoxy) is 1. The first-order valence-corrected chi connectivity index (χ1v) is 11.7. The van der Waals surface area contributed by atoms with Crippen LogP contribution in [0.4, 0.5) is 13.2 Å². The number of carboxylic acids is 1. The molecule has 2 heterocycles. The van der Waals surface area contributed by atoms with Gasteiger partial charge in [-0.3, -0.25) is 4.79 Å². The number of aliphatic carboxylic acids is 1. The van der Waals surface area contributed by atoms with Crippen LogP contribution in [0.5, 0.6) is 5.75 Å². The van der Waals surface area contributed by atoms with Gasteiger partial charge >= 0.3 is 12.1 Å². The predicted molar refractivity (Wildman–Crippen MR) is 112 cm³/mol. The van der Waals surface area contributed by atoms with Crippen LogP contribution in [0.25, 0.3) is 0 Å². The average molecular weight is 496 g/mol. The van der Waals surface area contributed by atoms with Gasteiger partial charge in [-0.2, -0.15) is 17.5 Å². The molecule has 9 nitrogen and oxygen atoms in total. The van der Waals surface area contributed by atoms with Gasteiger partial charge in [-0.1, -0.05) is 19.1 Å². The molecule has 33 heavy (non-hydrogen) atoms. The number of fused-ring (bicyclic) bond motifs is 1. The van der Waals surface area contributed by atoms with E-state index in [4.69, 9.17) is 14.6 Å². The molecule has 0 unspecified atom stereocenters. The summed E-state index contributed by atoms with van der Waals surface area (Å²) in [5, 5.41) is 9.66. The van der Waals surface area contributed by atoms with Crippen molar-refractivity contribution in [1.29, 1.82) is 0 Å². The van der Waals surface area contributed by atoms with E-state index in [0.717, 1.165) is 32.5 Å². The number of alkyl halides is 3. The third-order valence-corrected chi connectivity index (χ3v) is 7.55.